The lowest BCUT2D eigenvalue weighted by atomic mass is 10.0. The van der Waals surface area contributed by atoms with Crippen LogP contribution >= 0.6 is 11.8 Å². The van der Waals surface area contributed by atoms with E-state index in [0.717, 1.165) is 17.7 Å². The normalized spacial score (nSPS) is 14.9. The van der Waals surface area contributed by atoms with Crippen LogP contribution in [0.15, 0.2) is 59.2 Å². The van der Waals surface area contributed by atoms with Gasteiger partial charge in [-0.3, -0.25) is 9.69 Å². The summed E-state index contributed by atoms with van der Waals surface area (Å²) in [5, 5.41) is 9.39. The van der Waals surface area contributed by atoms with E-state index >= 15 is 0 Å². The first-order valence-electron chi connectivity index (χ1n) is 9.92. The molecule has 1 aliphatic rings. The molecule has 3 rings (SSSR count). The molecule has 0 unspecified atom stereocenters. The fourth-order valence-corrected chi connectivity index (χ4v) is 3.97. The third kappa shape index (κ3) is 5.11. The second kappa shape index (κ2) is 10.1. The lowest BCUT2D eigenvalue weighted by molar-refractivity contribution is -0.113. The van der Waals surface area contributed by atoms with Crippen LogP contribution in [0.4, 0.5) is 5.69 Å². The van der Waals surface area contributed by atoms with Gasteiger partial charge < -0.3 is 4.74 Å². The second-order valence-corrected chi connectivity index (χ2v) is 8.26. The van der Waals surface area contributed by atoms with Crippen LogP contribution in [0.2, 0.25) is 0 Å². The minimum absolute atomic E-state index is 0.168. The monoisotopic (exact) mass is 419 g/mol. The summed E-state index contributed by atoms with van der Waals surface area (Å²) in [6.45, 7) is 4.31. The average Bonchev–Trinajstić information content (AvgIpc) is 3.06. The van der Waals surface area contributed by atoms with E-state index in [1.54, 1.807) is 12.0 Å². The third-order valence-corrected chi connectivity index (χ3v) is 5.74. The minimum atomic E-state index is -0.168. The van der Waals surface area contributed by atoms with Crippen LogP contribution in [0.5, 0.6) is 5.75 Å². The van der Waals surface area contributed by atoms with E-state index in [0.29, 0.717) is 34.6 Å². The summed E-state index contributed by atoms with van der Waals surface area (Å²) in [6.07, 6.45) is 3.05. The van der Waals surface area contributed by atoms with Crippen molar-refractivity contribution in [2.75, 3.05) is 17.8 Å². The highest BCUT2D eigenvalue weighted by atomic mass is 32.2. The van der Waals surface area contributed by atoms with Gasteiger partial charge in [0.1, 0.15) is 11.4 Å². The largest absolute Gasteiger partial charge is 0.497 e. The van der Waals surface area contributed by atoms with Gasteiger partial charge in [-0.25, -0.2) is 4.99 Å². The first-order valence-corrected chi connectivity index (χ1v) is 10.9. The van der Waals surface area contributed by atoms with E-state index in [1.807, 2.05) is 42.5 Å². The second-order valence-electron chi connectivity index (χ2n) is 7.20. The molecule has 0 bridgehead atoms. The molecule has 0 spiro atoms. The minimum Gasteiger partial charge on any atom is -0.497 e. The number of rotatable bonds is 7. The average molecular weight is 420 g/mol. The number of nitriles is 1. The van der Waals surface area contributed by atoms with Crippen molar-refractivity contribution in [2.24, 2.45) is 4.99 Å². The van der Waals surface area contributed by atoms with Crippen LogP contribution in [-0.4, -0.2) is 23.9 Å². The zero-order valence-corrected chi connectivity index (χ0v) is 18.3. The Bertz CT molecular complexity index is 1000. The predicted octanol–water partition coefficient (Wildman–Crippen LogP) is 5.60. The van der Waals surface area contributed by atoms with Gasteiger partial charge in [0.25, 0.3) is 5.91 Å². The zero-order chi connectivity index (χ0) is 21.5. The summed E-state index contributed by atoms with van der Waals surface area (Å²) in [7, 11) is 1.60. The molecule has 1 heterocycles. The maximum atomic E-state index is 13.2. The highest BCUT2D eigenvalue weighted by Gasteiger charge is 2.32. The highest BCUT2D eigenvalue weighted by molar-refractivity contribution is 8.14. The number of thioether (sulfide) groups is 1. The van der Waals surface area contributed by atoms with E-state index in [1.165, 1.54) is 17.3 Å². The molecule has 0 saturated carbocycles. The number of anilines is 1. The van der Waals surface area contributed by atoms with Gasteiger partial charge in [-0.05, 0) is 41.7 Å². The fraction of sp³-hybridized carbons (Fsp3) is 0.292. The molecular weight excluding hydrogens is 394 g/mol. The molecule has 2 aromatic rings. The van der Waals surface area contributed by atoms with Gasteiger partial charge in [0, 0.05) is 18.2 Å². The van der Waals surface area contributed by atoms with Crippen molar-refractivity contribution in [2.45, 2.75) is 32.6 Å². The van der Waals surface area contributed by atoms with E-state index in [4.69, 9.17) is 10.00 Å². The van der Waals surface area contributed by atoms with Gasteiger partial charge in [0.05, 0.1) is 18.9 Å². The van der Waals surface area contributed by atoms with E-state index in [-0.39, 0.29) is 5.91 Å². The maximum absolute atomic E-state index is 13.2. The Morgan fingerprint density at radius 1 is 1.23 bits per heavy atom. The Hall–Kier alpha value is -3.04. The molecule has 1 amide bonds. The maximum Gasteiger partial charge on any atom is 0.283 e. The van der Waals surface area contributed by atoms with Crippen LogP contribution in [0.3, 0.4) is 0 Å². The topological polar surface area (TPSA) is 65.7 Å². The Labute approximate surface area is 182 Å². The fourth-order valence-electron chi connectivity index (χ4n) is 3.02. The molecule has 0 saturated heterocycles. The number of amidine groups is 1. The van der Waals surface area contributed by atoms with Gasteiger partial charge >= 0.3 is 0 Å². The molecule has 0 aliphatic carbocycles. The number of aliphatic imine (C=N–C) groups is 1. The molecule has 0 fully saturated rings. The first-order chi connectivity index (χ1) is 14.5. The highest BCUT2D eigenvalue weighted by Crippen LogP contribution is 2.31. The third-order valence-electron chi connectivity index (χ3n) is 4.71. The molecule has 2 aromatic carbocycles. The lowest BCUT2D eigenvalue weighted by Crippen LogP contribution is -2.30. The zero-order valence-electron chi connectivity index (χ0n) is 17.5. The van der Waals surface area contributed by atoms with Crippen LogP contribution in [0, 0.1) is 11.3 Å². The number of unbranched alkanes of at least 4 members (excludes halogenated alkanes) is 1. The van der Waals surface area contributed by atoms with E-state index in [9.17, 15) is 4.79 Å². The van der Waals surface area contributed by atoms with Crippen molar-refractivity contribution in [3.05, 3.63) is 65.4 Å². The van der Waals surface area contributed by atoms with E-state index < -0.39 is 0 Å². The van der Waals surface area contributed by atoms with E-state index in [2.05, 4.69) is 37.0 Å². The Kier molecular flexibility index (Phi) is 7.31. The predicted molar refractivity (Wildman–Crippen MR) is 124 cm³/mol. The summed E-state index contributed by atoms with van der Waals surface area (Å²) in [5.41, 5.74) is 3.31. The number of ether oxygens (including phenoxy) is 1. The number of methoxy groups -OCH3 is 1. The van der Waals surface area contributed by atoms with Crippen LogP contribution in [0.1, 0.15) is 43.7 Å². The number of carbonyl (C=O) groups is 1. The molecule has 0 N–H and O–H groups in total. The molecule has 0 atom stereocenters. The Balaban J connectivity index is 1.91. The van der Waals surface area contributed by atoms with Gasteiger partial charge in [0.15, 0.2) is 5.17 Å². The summed E-state index contributed by atoms with van der Waals surface area (Å²) in [5.74, 6) is 1.68. The molecule has 6 heteroatoms. The molecule has 5 nitrogen and oxygen atoms in total. The number of hydrogen-bond donors (Lipinski definition) is 0. The summed E-state index contributed by atoms with van der Waals surface area (Å²) >= 11 is 1.49. The van der Waals surface area contributed by atoms with Crippen molar-refractivity contribution in [3.8, 4) is 11.8 Å². The number of benzene rings is 2. The van der Waals surface area contributed by atoms with Gasteiger partial charge in [-0.2, -0.15) is 5.26 Å². The lowest BCUT2D eigenvalue weighted by Gasteiger charge is -2.18. The molecule has 0 radical (unpaired) electrons. The standard InChI is InChI=1S/C24H25N3O2S/c1-17(2)19-11-9-18(10-12-19)15-22-23(28)27(20-7-6-8-21(16-20)29-3)24(26-22)30-14-5-4-13-25/h6-12,15-17H,4-5,14H2,1-3H3/b22-15+. The first kappa shape index (κ1) is 21.7. The van der Waals surface area contributed by atoms with Crippen LogP contribution < -0.4 is 9.64 Å². The van der Waals surface area contributed by atoms with Crippen LogP contribution in [0.25, 0.3) is 6.08 Å². The van der Waals surface area contributed by atoms with Gasteiger partial charge in [-0.15, -0.1) is 0 Å². The Morgan fingerprint density at radius 2 is 2.00 bits per heavy atom. The molecule has 154 valence electrons. The molecule has 30 heavy (non-hydrogen) atoms. The summed E-state index contributed by atoms with van der Waals surface area (Å²) < 4.78 is 5.32. The smallest absolute Gasteiger partial charge is 0.283 e. The van der Waals surface area contributed by atoms with Crippen molar-refractivity contribution in [1.29, 1.82) is 5.26 Å². The summed E-state index contributed by atoms with van der Waals surface area (Å²) in [4.78, 5) is 19.5. The molecule has 0 aromatic heterocycles. The number of carbonyl (C=O) groups excluding carboxylic acids is 1. The number of amides is 1. The van der Waals surface area contributed by atoms with Crippen molar-refractivity contribution in [1.82, 2.24) is 0 Å². The number of nitrogens with zero attached hydrogens (tertiary/aromatic N) is 3. The molecular formula is C24H25N3O2S. The van der Waals surface area contributed by atoms with Crippen molar-refractivity contribution < 1.29 is 9.53 Å². The van der Waals surface area contributed by atoms with Crippen molar-refractivity contribution in [3.63, 3.8) is 0 Å². The van der Waals surface area contributed by atoms with Crippen LogP contribution in [-0.2, 0) is 4.79 Å². The quantitative estimate of drug-likeness (QED) is 0.433. The SMILES string of the molecule is COc1cccc(N2C(=O)/C(=C\c3ccc(C(C)C)cc3)N=C2SCCCC#N)c1. The molecule has 1 aliphatic heterocycles. The van der Waals surface area contributed by atoms with Crippen molar-refractivity contribution >= 4 is 34.6 Å². The van der Waals surface area contributed by atoms with Gasteiger partial charge in [-0.1, -0.05) is 55.9 Å². The number of hydrogen-bond acceptors (Lipinski definition) is 5. The Morgan fingerprint density at radius 3 is 2.67 bits per heavy atom. The summed E-state index contributed by atoms with van der Waals surface area (Å²) in [6, 6.07) is 17.7. The van der Waals surface area contributed by atoms with Gasteiger partial charge in [0.2, 0.25) is 0 Å².